The highest BCUT2D eigenvalue weighted by molar-refractivity contribution is 5.35. The van der Waals surface area contributed by atoms with Gasteiger partial charge < -0.3 is 9.64 Å². The molecule has 3 aromatic rings. The van der Waals surface area contributed by atoms with Crippen LogP contribution in [0.1, 0.15) is 11.4 Å². The maximum Gasteiger partial charge on any atom is 0.266 e. The van der Waals surface area contributed by atoms with Gasteiger partial charge in [-0.05, 0) is 26.0 Å². The predicted molar refractivity (Wildman–Crippen MR) is 99.4 cm³/mol. The number of hydrogen-bond acceptors (Lipinski definition) is 7. The normalized spacial score (nSPS) is 14.3. The fourth-order valence-electron chi connectivity index (χ4n) is 3.23. The molecule has 4 heterocycles. The quantitative estimate of drug-likeness (QED) is 0.664. The smallest absolute Gasteiger partial charge is 0.266 e. The van der Waals surface area contributed by atoms with Crippen molar-refractivity contribution in [3.63, 3.8) is 0 Å². The standard InChI is InChI=1S/C18H21N7O2/c1-12-8-13(2)25(21-12)15-4-5-17(26)24(22-15)11-14-9-23(10-14)18-19-7-6-16(20-18)27-3/h4-8,14H,9-11H2,1-3H3. The minimum absolute atomic E-state index is 0.114. The Balaban J connectivity index is 1.47. The van der Waals surface area contributed by atoms with Crippen molar-refractivity contribution in [1.29, 1.82) is 0 Å². The molecule has 3 aromatic heterocycles. The molecule has 1 aliphatic heterocycles. The van der Waals surface area contributed by atoms with E-state index in [1.165, 1.54) is 4.68 Å². The highest BCUT2D eigenvalue weighted by Crippen LogP contribution is 2.23. The maximum absolute atomic E-state index is 12.2. The molecule has 1 saturated heterocycles. The lowest BCUT2D eigenvalue weighted by Gasteiger charge is -2.39. The van der Waals surface area contributed by atoms with Crippen LogP contribution >= 0.6 is 0 Å². The summed E-state index contributed by atoms with van der Waals surface area (Å²) in [6, 6.07) is 6.94. The Morgan fingerprint density at radius 3 is 2.70 bits per heavy atom. The van der Waals surface area contributed by atoms with Gasteiger partial charge in [0, 0.05) is 43.0 Å². The highest BCUT2D eigenvalue weighted by Gasteiger charge is 2.29. The lowest BCUT2D eigenvalue weighted by atomic mass is 10.0. The fraction of sp³-hybridized carbons (Fsp3) is 0.389. The summed E-state index contributed by atoms with van der Waals surface area (Å²) in [5.74, 6) is 2.13. The van der Waals surface area contributed by atoms with Gasteiger partial charge in [0.25, 0.3) is 5.56 Å². The van der Waals surface area contributed by atoms with Crippen LogP contribution in [0.3, 0.4) is 0 Å². The van der Waals surface area contributed by atoms with E-state index in [-0.39, 0.29) is 5.56 Å². The fourth-order valence-corrected chi connectivity index (χ4v) is 3.23. The van der Waals surface area contributed by atoms with Gasteiger partial charge >= 0.3 is 0 Å². The largest absolute Gasteiger partial charge is 0.481 e. The molecule has 9 heteroatoms. The molecule has 0 amide bonds. The van der Waals surface area contributed by atoms with Crippen LogP contribution in [0.2, 0.25) is 0 Å². The minimum atomic E-state index is -0.114. The number of aromatic nitrogens is 6. The van der Waals surface area contributed by atoms with Crippen LogP contribution in [0.25, 0.3) is 5.82 Å². The Morgan fingerprint density at radius 1 is 1.19 bits per heavy atom. The minimum Gasteiger partial charge on any atom is -0.481 e. The van der Waals surface area contributed by atoms with Crippen molar-refractivity contribution in [2.24, 2.45) is 5.92 Å². The average molecular weight is 367 g/mol. The van der Waals surface area contributed by atoms with E-state index >= 15 is 0 Å². The van der Waals surface area contributed by atoms with Gasteiger partial charge in [0.1, 0.15) is 0 Å². The third kappa shape index (κ3) is 3.40. The van der Waals surface area contributed by atoms with E-state index in [1.54, 1.807) is 36.2 Å². The monoisotopic (exact) mass is 367 g/mol. The molecule has 0 saturated carbocycles. The Labute approximate surface area is 156 Å². The Bertz CT molecular complexity index is 1020. The third-order valence-electron chi connectivity index (χ3n) is 4.58. The number of ether oxygens (including phenoxy) is 1. The van der Waals surface area contributed by atoms with Gasteiger partial charge in [-0.2, -0.15) is 10.1 Å². The van der Waals surface area contributed by atoms with Crippen LogP contribution in [-0.2, 0) is 6.54 Å². The lowest BCUT2D eigenvalue weighted by Crippen LogP contribution is -2.50. The van der Waals surface area contributed by atoms with Crippen LogP contribution in [0.5, 0.6) is 5.88 Å². The topological polar surface area (TPSA) is 91.0 Å². The first kappa shape index (κ1) is 17.2. The maximum atomic E-state index is 12.2. The molecule has 1 aliphatic rings. The van der Waals surface area contributed by atoms with E-state index in [0.717, 1.165) is 24.5 Å². The Hall–Kier alpha value is -3.23. The zero-order valence-corrected chi connectivity index (χ0v) is 15.5. The van der Waals surface area contributed by atoms with Gasteiger partial charge in [0.2, 0.25) is 11.8 Å². The lowest BCUT2D eigenvalue weighted by molar-refractivity contribution is 0.327. The van der Waals surface area contributed by atoms with Crippen LogP contribution in [-0.4, -0.2) is 49.7 Å². The summed E-state index contributed by atoms with van der Waals surface area (Å²) in [6.07, 6.45) is 1.68. The van der Waals surface area contributed by atoms with Gasteiger partial charge in [-0.15, -0.1) is 5.10 Å². The van der Waals surface area contributed by atoms with Crippen LogP contribution in [0.4, 0.5) is 5.95 Å². The van der Waals surface area contributed by atoms with Crippen LogP contribution in [0, 0.1) is 19.8 Å². The van der Waals surface area contributed by atoms with Gasteiger partial charge in [-0.25, -0.2) is 14.3 Å². The first-order valence-corrected chi connectivity index (χ1v) is 8.77. The summed E-state index contributed by atoms with van der Waals surface area (Å²) >= 11 is 0. The number of rotatable bonds is 5. The molecule has 140 valence electrons. The van der Waals surface area contributed by atoms with Crippen molar-refractivity contribution < 1.29 is 4.74 Å². The predicted octanol–water partition coefficient (Wildman–Crippen LogP) is 0.981. The van der Waals surface area contributed by atoms with Crippen molar-refractivity contribution >= 4 is 5.95 Å². The number of hydrogen-bond donors (Lipinski definition) is 0. The summed E-state index contributed by atoms with van der Waals surface area (Å²) < 4.78 is 8.40. The van der Waals surface area contributed by atoms with E-state index in [4.69, 9.17) is 4.74 Å². The van der Waals surface area contributed by atoms with E-state index in [9.17, 15) is 4.79 Å². The molecule has 0 aliphatic carbocycles. The van der Waals surface area contributed by atoms with Crippen molar-refractivity contribution in [1.82, 2.24) is 29.5 Å². The molecule has 4 rings (SSSR count). The van der Waals surface area contributed by atoms with Crippen molar-refractivity contribution in [3.8, 4) is 11.7 Å². The number of anilines is 1. The summed E-state index contributed by atoms with van der Waals surface area (Å²) in [5, 5.41) is 8.93. The number of nitrogens with zero attached hydrogens (tertiary/aromatic N) is 7. The number of aryl methyl sites for hydroxylation is 2. The zero-order valence-electron chi connectivity index (χ0n) is 15.5. The SMILES string of the molecule is COc1ccnc(N2CC(Cn3nc(-n4nc(C)cc4C)ccc3=O)C2)n1. The molecule has 0 radical (unpaired) electrons. The highest BCUT2D eigenvalue weighted by atomic mass is 16.5. The average Bonchev–Trinajstić information content (AvgIpc) is 2.97. The van der Waals surface area contributed by atoms with Crippen LogP contribution < -0.4 is 15.2 Å². The first-order chi connectivity index (χ1) is 13.0. The Kier molecular flexibility index (Phi) is 4.35. The molecule has 27 heavy (non-hydrogen) atoms. The van der Waals surface area contributed by atoms with Gasteiger partial charge in [0.05, 0.1) is 19.3 Å². The molecule has 0 N–H and O–H groups in total. The van der Waals surface area contributed by atoms with Crippen LogP contribution in [0.15, 0.2) is 35.3 Å². The summed E-state index contributed by atoms with van der Waals surface area (Å²) in [6.45, 7) is 5.99. The van der Waals surface area contributed by atoms with Crippen molar-refractivity contribution in [2.75, 3.05) is 25.1 Å². The summed E-state index contributed by atoms with van der Waals surface area (Å²) in [7, 11) is 1.58. The van der Waals surface area contributed by atoms with Gasteiger partial charge in [-0.1, -0.05) is 0 Å². The van der Waals surface area contributed by atoms with E-state index in [1.807, 2.05) is 19.9 Å². The van der Waals surface area contributed by atoms with Gasteiger partial charge in [0.15, 0.2) is 5.82 Å². The molecule has 0 spiro atoms. The molecule has 0 aromatic carbocycles. The molecule has 0 atom stereocenters. The summed E-state index contributed by atoms with van der Waals surface area (Å²) in [5.41, 5.74) is 1.78. The van der Waals surface area contributed by atoms with Crippen molar-refractivity contribution in [2.45, 2.75) is 20.4 Å². The second-order valence-electron chi connectivity index (χ2n) is 6.72. The summed E-state index contributed by atoms with van der Waals surface area (Å²) in [4.78, 5) is 22.9. The van der Waals surface area contributed by atoms with E-state index in [2.05, 4.69) is 25.1 Å². The molecule has 0 bridgehead atoms. The van der Waals surface area contributed by atoms with Crippen molar-refractivity contribution in [3.05, 3.63) is 52.2 Å². The second kappa shape index (κ2) is 6.82. The molecule has 0 unspecified atom stereocenters. The third-order valence-corrected chi connectivity index (χ3v) is 4.58. The zero-order chi connectivity index (χ0) is 19.0. The first-order valence-electron chi connectivity index (χ1n) is 8.77. The Morgan fingerprint density at radius 2 is 2.00 bits per heavy atom. The number of methoxy groups -OCH3 is 1. The van der Waals surface area contributed by atoms with Gasteiger partial charge in [-0.3, -0.25) is 4.79 Å². The molecular weight excluding hydrogens is 346 g/mol. The second-order valence-corrected chi connectivity index (χ2v) is 6.72. The van der Waals surface area contributed by atoms with E-state index < -0.39 is 0 Å². The molecule has 9 nitrogen and oxygen atoms in total. The van der Waals surface area contributed by atoms with E-state index in [0.29, 0.717) is 30.1 Å². The molecule has 1 fully saturated rings. The molecular formula is C18H21N7O2.